The lowest BCUT2D eigenvalue weighted by molar-refractivity contribution is -0.154. The van der Waals surface area contributed by atoms with Crippen LogP contribution in [-0.2, 0) is 24.5 Å². The van der Waals surface area contributed by atoms with Crippen LogP contribution >= 0.6 is 0 Å². The third-order valence-electron chi connectivity index (χ3n) is 5.11. The van der Waals surface area contributed by atoms with Crippen molar-refractivity contribution < 1.29 is 23.5 Å². The summed E-state index contributed by atoms with van der Waals surface area (Å²) in [6, 6.07) is 6.11. The number of halogens is 1. The van der Waals surface area contributed by atoms with Gasteiger partial charge in [-0.25, -0.2) is 4.39 Å². The summed E-state index contributed by atoms with van der Waals surface area (Å²) in [6.45, 7) is 0.847. The first-order valence-electron chi connectivity index (χ1n) is 8.92. The highest BCUT2D eigenvalue weighted by atomic mass is 19.1. The lowest BCUT2D eigenvalue weighted by atomic mass is 9.79. The van der Waals surface area contributed by atoms with E-state index in [4.69, 9.17) is 9.47 Å². The molecule has 6 heteroatoms. The molecule has 25 heavy (non-hydrogen) atoms. The van der Waals surface area contributed by atoms with Crippen LogP contribution in [-0.4, -0.2) is 37.7 Å². The Kier molecular flexibility index (Phi) is 5.68. The van der Waals surface area contributed by atoms with Crippen LogP contribution in [0.2, 0.25) is 0 Å². The van der Waals surface area contributed by atoms with Crippen LogP contribution in [0.3, 0.4) is 0 Å². The first-order chi connectivity index (χ1) is 12.1. The van der Waals surface area contributed by atoms with Crippen molar-refractivity contribution in [3.05, 3.63) is 35.6 Å². The minimum Gasteiger partial charge on any atom is -0.455 e. The van der Waals surface area contributed by atoms with Gasteiger partial charge in [0.1, 0.15) is 5.82 Å². The Balaban J connectivity index is 1.57. The standard InChI is InChI=1S/C19H24FNO4/c20-15-6-3-5-14(11-15)19(8-1-2-9-19)18(23)25-13-17(22)21-12-16-7-4-10-24-16/h3,5-6,11,16H,1-2,4,7-10,12-13H2,(H,21,22)/t16-/m1/s1. The molecule has 2 fully saturated rings. The minimum atomic E-state index is -0.836. The second kappa shape index (κ2) is 7.95. The SMILES string of the molecule is O=C(COC(=O)C1(c2cccc(F)c2)CCCC1)NC[C@H]1CCCO1. The van der Waals surface area contributed by atoms with Crippen LogP contribution in [0.4, 0.5) is 4.39 Å². The number of esters is 1. The largest absolute Gasteiger partial charge is 0.455 e. The smallest absolute Gasteiger partial charge is 0.317 e. The van der Waals surface area contributed by atoms with E-state index in [2.05, 4.69) is 5.32 Å². The molecule has 0 radical (unpaired) electrons. The molecule has 1 heterocycles. The van der Waals surface area contributed by atoms with Crippen LogP contribution in [0.1, 0.15) is 44.1 Å². The van der Waals surface area contributed by atoms with Crippen LogP contribution in [0.15, 0.2) is 24.3 Å². The zero-order valence-corrected chi connectivity index (χ0v) is 14.3. The van der Waals surface area contributed by atoms with E-state index in [0.29, 0.717) is 24.9 Å². The summed E-state index contributed by atoms with van der Waals surface area (Å²) in [6.07, 6.45) is 5.00. The van der Waals surface area contributed by atoms with Gasteiger partial charge in [-0.1, -0.05) is 25.0 Å². The molecule has 1 saturated carbocycles. The highest BCUT2D eigenvalue weighted by Crippen LogP contribution is 2.42. The molecule has 1 saturated heterocycles. The van der Waals surface area contributed by atoms with Gasteiger partial charge >= 0.3 is 5.97 Å². The molecule has 1 N–H and O–H groups in total. The van der Waals surface area contributed by atoms with Gasteiger partial charge in [0.2, 0.25) is 0 Å². The maximum absolute atomic E-state index is 13.6. The third-order valence-corrected chi connectivity index (χ3v) is 5.11. The minimum absolute atomic E-state index is 0.0492. The number of carbonyl (C=O) groups excluding carboxylic acids is 2. The number of rotatable bonds is 6. The lowest BCUT2D eigenvalue weighted by Crippen LogP contribution is -2.39. The van der Waals surface area contributed by atoms with E-state index < -0.39 is 11.4 Å². The molecular formula is C19H24FNO4. The molecule has 1 aliphatic heterocycles. The summed E-state index contributed by atoms with van der Waals surface area (Å²) in [7, 11) is 0. The molecule has 0 spiro atoms. The number of hydrogen-bond acceptors (Lipinski definition) is 4. The molecule has 1 aromatic rings. The van der Waals surface area contributed by atoms with E-state index in [9.17, 15) is 14.0 Å². The average Bonchev–Trinajstić information content (AvgIpc) is 3.30. The Morgan fingerprint density at radius 2 is 2.08 bits per heavy atom. The van der Waals surface area contributed by atoms with Crippen molar-refractivity contribution in [2.75, 3.05) is 19.8 Å². The van der Waals surface area contributed by atoms with E-state index >= 15 is 0 Å². The van der Waals surface area contributed by atoms with Crippen LogP contribution in [0.5, 0.6) is 0 Å². The molecule has 0 bridgehead atoms. The van der Waals surface area contributed by atoms with Gasteiger partial charge in [-0.2, -0.15) is 0 Å². The molecule has 1 aliphatic carbocycles. The molecule has 1 amide bonds. The van der Waals surface area contributed by atoms with Crippen molar-refractivity contribution in [1.82, 2.24) is 5.32 Å². The van der Waals surface area contributed by atoms with E-state index in [-0.39, 0.29) is 24.4 Å². The summed E-state index contributed by atoms with van der Waals surface area (Å²) >= 11 is 0. The molecule has 1 aromatic carbocycles. The monoisotopic (exact) mass is 349 g/mol. The van der Waals surface area contributed by atoms with Crippen molar-refractivity contribution in [1.29, 1.82) is 0 Å². The second-order valence-electron chi connectivity index (χ2n) is 6.81. The van der Waals surface area contributed by atoms with Gasteiger partial charge in [-0.3, -0.25) is 9.59 Å². The second-order valence-corrected chi connectivity index (χ2v) is 6.81. The van der Waals surface area contributed by atoms with Gasteiger partial charge < -0.3 is 14.8 Å². The van der Waals surface area contributed by atoms with Crippen molar-refractivity contribution in [2.24, 2.45) is 0 Å². The number of ether oxygens (including phenoxy) is 2. The van der Waals surface area contributed by atoms with E-state index in [1.54, 1.807) is 12.1 Å². The Morgan fingerprint density at radius 1 is 1.28 bits per heavy atom. The van der Waals surface area contributed by atoms with Gasteiger partial charge in [0.25, 0.3) is 5.91 Å². The molecule has 136 valence electrons. The number of amides is 1. The molecule has 3 rings (SSSR count). The van der Waals surface area contributed by atoms with E-state index in [1.807, 2.05) is 0 Å². The summed E-state index contributed by atoms with van der Waals surface area (Å²) in [5.74, 6) is -1.15. The molecule has 0 aromatic heterocycles. The zero-order valence-electron chi connectivity index (χ0n) is 14.3. The number of carbonyl (C=O) groups is 2. The summed E-state index contributed by atoms with van der Waals surface area (Å²) in [5.41, 5.74) is -0.202. The fraction of sp³-hybridized carbons (Fsp3) is 0.579. The van der Waals surface area contributed by atoms with Gasteiger partial charge in [-0.05, 0) is 43.4 Å². The molecule has 5 nitrogen and oxygen atoms in total. The van der Waals surface area contributed by atoms with Crippen LogP contribution in [0.25, 0.3) is 0 Å². The molecule has 0 unspecified atom stereocenters. The predicted molar refractivity (Wildman–Crippen MR) is 89.5 cm³/mol. The number of benzene rings is 1. The first-order valence-corrected chi connectivity index (χ1v) is 8.92. The molecular weight excluding hydrogens is 325 g/mol. The predicted octanol–water partition coefficient (Wildman–Crippen LogP) is 2.48. The summed E-state index contributed by atoms with van der Waals surface area (Å²) < 4.78 is 24.3. The van der Waals surface area contributed by atoms with Crippen LogP contribution in [0, 0.1) is 5.82 Å². The first kappa shape index (κ1) is 17.9. The van der Waals surface area contributed by atoms with Crippen molar-refractivity contribution in [3.63, 3.8) is 0 Å². The average molecular weight is 349 g/mol. The van der Waals surface area contributed by atoms with Crippen molar-refractivity contribution in [2.45, 2.75) is 50.0 Å². The lowest BCUT2D eigenvalue weighted by Gasteiger charge is -2.27. The zero-order chi connectivity index (χ0) is 17.7. The van der Waals surface area contributed by atoms with Gasteiger partial charge in [-0.15, -0.1) is 0 Å². The highest BCUT2D eigenvalue weighted by molar-refractivity contribution is 5.86. The van der Waals surface area contributed by atoms with E-state index in [0.717, 1.165) is 32.3 Å². The summed E-state index contributed by atoms with van der Waals surface area (Å²) in [4.78, 5) is 24.6. The molecule has 2 aliphatic rings. The van der Waals surface area contributed by atoms with Crippen molar-refractivity contribution in [3.8, 4) is 0 Å². The Labute approximate surface area is 146 Å². The Hall–Kier alpha value is -1.95. The Morgan fingerprint density at radius 3 is 2.76 bits per heavy atom. The van der Waals surface area contributed by atoms with Gasteiger partial charge in [0.05, 0.1) is 11.5 Å². The maximum Gasteiger partial charge on any atom is 0.317 e. The fourth-order valence-corrected chi connectivity index (χ4v) is 3.73. The van der Waals surface area contributed by atoms with Crippen molar-refractivity contribution >= 4 is 11.9 Å². The van der Waals surface area contributed by atoms with Gasteiger partial charge in [0.15, 0.2) is 6.61 Å². The maximum atomic E-state index is 13.6. The third kappa shape index (κ3) is 4.18. The number of nitrogens with one attached hydrogen (secondary N) is 1. The topological polar surface area (TPSA) is 64.6 Å². The van der Waals surface area contributed by atoms with Gasteiger partial charge in [0, 0.05) is 13.2 Å². The fourth-order valence-electron chi connectivity index (χ4n) is 3.73. The van der Waals surface area contributed by atoms with Crippen LogP contribution < -0.4 is 5.32 Å². The highest BCUT2D eigenvalue weighted by Gasteiger charge is 2.44. The van der Waals surface area contributed by atoms with E-state index in [1.165, 1.54) is 12.1 Å². The summed E-state index contributed by atoms with van der Waals surface area (Å²) in [5, 5.41) is 2.73. The Bertz CT molecular complexity index is 622. The molecule has 1 atom stereocenters. The number of hydrogen-bond donors (Lipinski definition) is 1. The quantitative estimate of drug-likeness (QED) is 0.802. The normalized spacial score (nSPS) is 21.9.